The molecule has 2 unspecified atom stereocenters. The van der Waals surface area contributed by atoms with Crippen molar-refractivity contribution in [3.05, 3.63) is 22.4 Å². The molecule has 1 aromatic rings. The summed E-state index contributed by atoms with van der Waals surface area (Å²) in [5.74, 6) is 0.538. The summed E-state index contributed by atoms with van der Waals surface area (Å²) in [4.78, 5) is 1.44. The average Bonchev–Trinajstić information content (AvgIpc) is 2.55. The highest BCUT2D eigenvalue weighted by Crippen LogP contribution is 2.46. The Hall–Kier alpha value is -0.340. The third-order valence-electron chi connectivity index (χ3n) is 3.03. The highest BCUT2D eigenvalue weighted by Gasteiger charge is 2.48. The second-order valence-corrected chi connectivity index (χ2v) is 5.17. The molecule has 1 aromatic heterocycles. The molecule has 1 nitrogen and oxygen atoms in total. The van der Waals surface area contributed by atoms with Gasteiger partial charge in [-0.15, -0.1) is 11.3 Å². The molecule has 13 heavy (non-hydrogen) atoms. The third kappa shape index (κ3) is 2.12. The van der Waals surface area contributed by atoms with E-state index in [1.165, 1.54) is 4.88 Å². The molecule has 2 atom stereocenters. The van der Waals surface area contributed by atoms with Crippen molar-refractivity contribution in [2.75, 3.05) is 0 Å². The fraction of sp³-hybridized carbons (Fsp3) is 0.636. The topological polar surface area (TPSA) is 20.2 Å². The number of thiophene rings is 1. The van der Waals surface area contributed by atoms with Crippen molar-refractivity contribution in [2.45, 2.75) is 38.2 Å². The van der Waals surface area contributed by atoms with Crippen molar-refractivity contribution in [2.24, 2.45) is 5.92 Å². The Labute approximate surface area is 83.4 Å². The molecule has 1 fully saturated rings. The van der Waals surface area contributed by atoms with Gasteiger partial charge in [-0.25, -0.2) is 0 Å². The summed E-state index contributed by atoms with van der Waals surface area (Å²) in [5, 5.41) is 11.9. The van der Waals surface area contributed by atoms with E-state index < -0.39 is 0 Å². The summed E-state index contributed by atoms with van der Waals surface area (Å²) in [6.45, 7) is 2.13. The van der Waals surface area contributed by atoms with Crippen LogP contribution in [0, 0.1) is 5.92 Å². The van der Waals surface area contributed by atoms with Crippen LogP contribution in [0.25, 0.3) is 0 Å². The lowest BCUT2D eigenvalue weighted by Gasteiger charge is -2.07. The second kappa shape index (κ2) is 3.43. The Morgan fingerprint density at radius 3 is 3.00 bits per heavy atom. The van der Waals surface area contributed by atoms with Crippen LogP contribution in [0.3, 0.4) is 0 Å². The number of hydrogen-bond acceptors (Lipinski definition) is 2. The van der Waals surface area contributed by atoms with Crippen molar-refractivity contribution in [1.29, 1.82) is 0 Å². The Balaban J connectivity index is 1.70. The Morgan fingerprint density at radius 2 is 2.46 bits per heavy atom. The minimum absolute atomic E-state index is 0.294. The van der Waals surface area contributed by atoms with Crippen LogP contribution in [0.1, 0.15) is 31.1 Å². The minimum Gasteiger partial charge on any atom is -0.390 e. The van der Waals surface area contributed by atoms with Crippen molar-refractivity contribution < 1.29 is 5.11 Å². The smallest absolute Gasteiger partial charge is 0.0678 e. The summed E-state index contributed by atoms with van der Waals surface area (Å²) in [5.41, 5.74) is -0.294. The van der Waals surface area contributed by atoms with Gasteiger partial charge in [-0.1, -0.05) is 13.0 Å². The lowest BCUT2D eigenvalue weighted by molar-refractivity contribution is 0.122. The van der Waals surface area contributed by atoms with Gasteiger partial charge in [0.2, 0.25) is 0 Å². The van der Waals surface area contributed by atoms with E-state index in [1.54, 1.807) is 0 Å². The van der Waals surface area contributed by atoms with Crippen LogP contribution in [0.5, 0.6) is 0 Å². The van der Waals surface area contributed by atoms with Gasteiger partial charge in [-0.05, 0) is 43.0 Å². The van der Waals surface area contributed by atoms with Gasteiger partial charge in [-0.3, -0.25) is 0 Å². The van der Waals surface area contributed by atoms with E-state index in [0.717, 1.165) is 25.7 Å². The van der Waals surface area contributed by atoms with Crippen LogP contribution in [0.4, 0.5) is 0 Å². The molecule has 0 spiro atoms. The van der Waals surface area contributed by atoms with Gasteiger partial charge in [0.1, 0.15) is 0 Å². The Bertz CT molecular complexity index is 268. The molecule has 72 valence electrons. The fourth-order valence-corrected chi connectivity index (χ4v) is 2.59. The lowest BCUT2D eigenvalue weighted by Crippen LogP contribution is -2.09. The average molecular weight is 196 g/mol. The third-order valence-corrected chi connectivity index (χ3v) is 3.97. The molecule has 2 rings (SSSR count). The van der Waals surface area contributed by atoms with Crippen LogP contribution in [-0.2, 0) is 6.42 Å². The maximum Gasteiger partial charge on any atom is 0.0678 e. The van der Waals surface area contributed by atoms with E-state index >= 15 is 0 Å². The maximum atomic E-state index is 9.83. The molecule has 2 heteroatoms. The number of rotatable bonds is 4. The molecular formula is C11H16OS. The van der Waals surface area contributed by atoms with Crippen molar-refractivity contribution in [3.63, 3.8) is 0 Å². The summed E-state index contributed by atoms with van der Waals surface area (Å²) in [6.07, 6.45) is 4.25. The monoisotopic (exact) mass is 196 g/mol. The zero-order valence-corrected chi connectivity index (χ0v) is 8.81. The predicted octanol–water partition coefficient (Wildman–Crippen LogP) is 2.84. The first-order valence-corrected chi connectivity index (χ1v) is 5.83. The first kappa shape index (κ1) is 9.22. The van der Waals surface area contributed by atoms with Crippen molar-refractivity contribution >= 4 is 11.3 Å². The SMILES string of the molecule is CC1CC1(O)CCCc1cccs1. The summed E-state index contributed by atoms with van der Waals surface area (Å²) < 4.78 is 0. The first-order chi connectivity index (χ1) is 6.21. The van der Waals surface area contributed by atoms with E-state index in [1.807, 2.05) is 11.3 Å². The Morgan fingerprint density at radius 1 is 1.69 bits per heavy atom. The van der Waals surface area contributed by atoms with Crippen LogP contribution < -0.4 is 0 Å². The van der Waals surface area contributed by atoms with Crippen molar-refractivity contribution in [1.82, 2.24) is 0 Å². The molecular weight excluding hydrogens is 180 g/mol. The zero-order valence-electron chi connectivity index (χ0n) is 7.99. The van der Waals surface area contributed by atoms with Gasteiger partial charge in [0, 0.05) is 4.88 Å². The van der Waals surface area contributed by atoms with Gasteiger partial charge < -0.3 is 5.11 Å². The highest BCUT2D eigenvalue weighted by molar-refractivity contribution is 7.09. The van der Waals surface area contributed by atoms with Gasteiger partial charge >= 0.3 is 0 Å². The molecule has 0 aromatic carbocycles. The molecule has 1 saturated carbocycles. The first-order valence-electron chi connectivity index (χ1n) is 4.95. The van der Waals surface area contributed by atoms with Crippen molar-refractivity contribution in [3.8, 4) is 0 Å². The molecule has 0 amide bonds. The van der Waals surface area contributed by atoms with E-state index in [2.05, 4.69) is 24.4 Å². The molecule has 1 N–H and O–H groups in total. The molecule has 1 aliphatic carbocycles. The second-order valence-electron chi connectivity index (χ2n) is 4.14. The largest absolute Gasteiger partial charge is 0.390 e. The van der Waals surface area contributed by atoms with E-state index in [0.29, 0.717) is 5.92 Å². The van der Waals surface area contributed by atoms with Crippen LogP contribution in [0.2, 0.25) is 0 Å². The van der Waals surface area contributed by atoms with Gasteiger partial charge in [0.05, 0.1) is 5.60 Å². The fourth-order valence-electron chi connectivity index (χ4n) is 1.84. The zero-order chi connectivity index (χ0) is 9.31. The molecule has 0 aliphatic heterocycles. The molecule has 0 bridgehead atoms. The summed E-state index contributed by atoms with van der Waals surface area (Å²) in [7, 11) is 0. The highest BCUT2D eigenvalue weighted by atomic mass is 32.1. The summed E-state index contributed by atoms with van der Waals surface area (Å²) in [6, 6.07) is 4.26. The standard InChI is InChI=1S/C11H16OS/c1-9-8-11(9,12)6-2-4-10-5-3-7-13-10/h3,5,7,9,12H,2,4,6,8H2,1H3. The van der Waals surface area contributed by atoms with E-state index in [9.17, 15) is 5.11 Å². The molecule has 1 heterocycles. The maximum absolute atomic E-state index is 9.83. The minimum atomic E-state index is -0.294. The number of hydrogen-bond donors (Lipinski definition) is 1. The summed E-state index contributed by atoms with van der Waals surface area (Å²) >= 11 is 1.81. The lowest BCUT2D eigenvalue weighted by atomic mass is 10.1. The van der Waals surface area contributed by atoms with Gasteiger partial charge in [0.25, 0.3) is 0 Å². The van der Waals surface area contributed by atoms with E-state index in [-0.39, 0.29) is 5.60 Å². The normalized spacial score (nSPS) is 32.0. The molecule has 0 saturated heterocycles. The van der Waals surface area contributed by atoms with Crippen LogP contribution in [-0.4, -0.2) is 10.7 Å². The quantitative estimate of drug-likeness (QED) is 0.785. The number of aliphatic hydroxyl groups is 1. The predicted molar refractivity (Wildman–Crippen MR) is 56.0 cm³/mol. The molecule has 0 radical (unpaired) electrons. The van der Waals surface area contributed by atoms with Gasteiger partial charge in [0.15, 0.2) is 0 Å². The van der Waals surface area contributed by atoms with Gasteiger partial charge in [-0.2, -0.15) is 0 Å². The number of aryl methyl sites for hydroxylation is 1. The van der Waals surface area contributed by atoms with E-state index in [4.69, 9.17) is 0 Å². The molecule has 1 aliphatic rings. The van der Waals surface area contributed by atoms with Crippen LogP contribution in [0.15, 0.2) is 17.5 Å². The Kier molecular flexibility index (Phi) is 2.43. The van der Waals surface area contributed by atoms with Crippen LogP contribution >= 0.6 is 11.3 Å².